The molecule has 1 fully saturated rings. The highest BCUT2D eigenvalue weighted by Gasteiger charge is 2.43. The van der Waals surface area contributed by atoms with E-state index in [1.807, 2.05) is 31.2 Å². The predicted octanol–water partition coefficient (Wildman–Crippen LogP) is 4.60. The number of carbonyl (C=O) groups is 4. The highest BCUT2D eigenvalue weighted by atomic mass is 16.6. The fraction of sp³-hybridized carbons (Fsp3) is 0.500. The number of likely N-dealkylation sites (N-methyl/N-ethyl adjacent to an activating group) is 2. The molecule has 1 unspecified atom stereocenters. The zero-order valence-electron chi connectivity index (χ0n) is 24.4. The van der Waals surface area contributed by atoms with Crippen molar-refractivity contribution in [1.29, 1.82) is 0 Å². The molecule has 0 aromatic heterocycles. The van der Waals surface area contributed by atoms with Gasteiger partial charge in [0.05, 0.1) is 6.42 Å². The number of amides is 3. The maximum Gasteiger partial charge on any atom is 0.410 e. The topological polar surface area (TPSA) is 107 Å². The standard InChI is InChI=1S/C32H41N3O6/c1-5-18-35(27(19-28(36)37)30(38)33(2)3)31(39)29(21-12-6-7-13-21)34(4)32(40)41-20-26-24-16-10-8-14-22(24)23-15-9-11-17-25(23)26/h8-11,14-17,21,26-27,29H,5-7,12-13,18-20H2,1-4H3,(H,36,37)/t27-,29?/m0/s1. The molecule has 0 heterocycles. The molecule has 3 amide bonds. The lowest BCUT2D eigenvalue weighted by atomic mass is 9.94. The van der Waals surface area contributed by atoms with Crippen LogP contribution in [0, 0.1) is 5.92 Å². The number of hydrogen-bond donors (Lipinski definition) is 1. The first kappa shape index (κ1) is 30.1. The van der Waals surface area contributed by atoms with Crippen molar-refractivity contribution in [1.82, 2.24) is 14.7 Å². The average Bonchev–Trinajstić information content (AvgIpc) is 3.59. The number of fused-ring (bicyclic) bond motifs is 3. The van der Waals surface area contributed by atoms with Crippen LogP contribution in [0.25, 0.3) is 11.1 Å². The normalized spacial score (nSPS) is 15.9. The maximum absolute atomic E-state index is 14.2. The van der Waals surface area contributed by atoms with Crippen LogP contribution in [-0.2, 0) is 19.1 Å². The summed E-state index contributed by atoms with van der Waals surface area (Å²) in [6, 6.07) is 14.2. The van der Waals surface area contributed by atoms with E-state index in [4.69, 9.17) is 4.74 Å². The van der Waals surface area contributed by atoms with Gasteiger partial charge in [0.25, 0.3) is 0 Å². The number of ether oxygens (including phenoxy) is 1. The van der Waals surface area contributed by atoms with Crippen LogP contribution in [0.1, 0.15) is 62.5 Å². The van der Waals surface area contributed by atoms with Crippen molar-refractivity contribution < 1.29 is 29.0 Å². The van der Waals surface area contributed by atoms with Gasteiger partial charge in [0, 0.05) is 33.6 Å². The van der Waals surface area contributed by atoms with Crippen LogP contribution in [0.5, 0.6) is 0 Å². The van der Waals surface area contributed by atoms with Crippen molar-refractivity contribution in [2.75, 3.05) is 34.3 Å². The van der Waals surface area contributed by atoms with Gasteiger partial charge < -0.3 is 19.6 Å². The number of carboxylic acid groups (broad SMARTS) is 1. The Morgan fingerprint density at radius 3 is 1.98 bits per heavy atom. The van der Waals surface area contributed by atoms with Crippen molar-refractivity contribution in [2.45, 2.75) is 63.5 Å². The predicted molar refractivity (Wildman–Crippen MR) is 155 cm³/mol. The minimum absolute atomic E-state index is 0.104. The van der Waals surface area contributed by atoms with Crippen molar-refractivity contribution in [3.63, 3.8) is 0 Å². The number of carbonyl (C=O) groups excluding carboxylic acids is 3. The molecule has 1 N–H and O–H groups in total. The minimum atomic E-state index is -1.17. The molecule has 0 aliphatic heterocycles. The summed E-state index contributed by atoms with van der Waals surface area (Å²) in [6.07, 6.45) is 2.84. The molecule has 2 aliphatic carbocycles. The van der Waals surface area contributed by atoms with E-state index in [1.165, 1.54) is 14.7 Å². The van der Waals surface area contributed by atoms with Crippen molar-refractivity contribution in [3.05, 3.63) is 59.7 Å². The van der Waals surface area contributed by atoms with Gasteiger partial charge in [-0.2, -0.15) is 0 Å². The quantitative estimate of drug-likeness (QED) is 0.428. The van der Waals surface area contributed by atoms with Gasteiger partial charge in [0.2, 0.25) is 11.8 Å². The number of carboxylic acids is 1. The van der Waals surface area contributed by atoms with Gasteiger partial charge >= 0.3 is 12.1 Å². The molecule has 2 atom stereocenters. The first-order valence-electron chi connectivity index (χ1n) is 14.5. The number of benzene rings is 2. The Balaban J connectivity index is 1.58. The Morgan fingerprint density at radius 2 is 1.46 bits per heavy atom. The molecule has 4 rings (SSSR count). The fourth-order valence-corrected chi connectivity index (χ4v) is 6.39. The molecule has 220 valence electrons. The fourth-order valence-electron chi connectivity index (χ4n) is 6.39. The number of nitrogens with zero attached hydrogens (tertiary/aromatic N) is 3. The first-order valence-corrected chi connectivity index (χ1v) is 14.5. The van der Waals surface area contributed by atoms with Gasteiger partial charge in [-0.25, -0.2) is 4.79 Å². The van der Waals surface area contributed by atoms with Crippen molar-refractivity contribution in [2.24, 2.45) is 5.92 Å². The summed E-state index contributed by atoms with van der Waals surface area (Å²) in [5, 5.41) is 9.58. The van der Waals surface area contributed by atoms with E-state index in [0.29, 0.717) is 6.42 Å². The summed E-state index contributed by atoms with van der Waals surface area (Å²) in [4.78, 5) is 56.6. The molecule has 9 nitrogen and oxygen atoms in total. The molecular weight excluding hydrogens is 522 g/mol. The second kappa shape index (κ2) is 13.2. The number of aliphatic carboxylic acids is 1. The third kappa shape index (κ3) is 6.39. The molecule has 1 saturated carbocycles. The zero-order valence-corrected chi connectivity index (χ0v) is 24.4. The van der Waals surface area contributed by atoms with Crippen LogP contribution < -0.4 is 0 Å². The maximum atomic E-state index is 14.2. The second-order valence-electron chi connectivity index (χ2n) is 11.3. The summed E-state index contributed by atoms with van der Waals surface area (Å²) in [5.41, 5.74) is 4.45. The molecule has 0 saturated heterocycles. The lowest BCUT2D eigenvalue weighted by Crippen LogP contribution is -2.58. The van der Waals surface area contributed by atoms with Crippen LogP contribution >= 0.6 is 0 Å². The Kier molecular flexibility index (Phi) is 9.68. The van der Waals surface area contributed by atoms with Gasteiger partial charge in [-0.1, -0.05) is 68.3 Å². The first-order chi connectivity index (χ1) is 19.6. The summed E-state index contributed by atoms with van der Waals surface area (Å²) >= 11 is 0. The van der Waals surface area contributed by atoms with Crippen LogP contribution in [0.2, 0.25) is 0 Å². The van der Waals surface area contributed by atoms with Gasteiger partial charge in [0.1, 0.15) is 18.7 Å². The van der Waals surface area contributed by atoms with Crippen molar-refractivity contribution >= 4 is 23.9 Å². The number of hydrogen-bond acceptors (Lipinski definition) is 5. The Bertz CT molecular complexity index is 1230. The monoisotopic (exact) mass is 563 g/mol. The molecule has 0 radical (unpaired) electrons. The van der Waals surface area contributed by atoms with Gasteiger partial charge in [0.15, 0.2) is 0 Å². The average molecular weight is 564 g/mol. The zero-order chi connectivity index (χ0) is 29.7. The molecule has 2 aromatic carbocycles. The van der Waals surface area contributed by atoms with Crippen LogP contribution in [0.3, 0.4) is 0 Å². The Morgan fingerprint density at radius 1 is 0.902 bits per heavy atom. The van der Waals surface area contributed by atoms with Gasteiger partial charge in [-0.3, -0.25) is 19.3 Å². The summed E-state index contributed by atoms with van der Waals surface area (Å²) in [6.45, 7) is 2.21. The van der Waals surface area contributed by atoms with E-state index in [2.05, 4.69) is 24.3 Å². The van der Waals surface area contributed by atoms with E-state index in [-0.39, 0.29) is 25.0 Å². The lowest BCUT2D eigenvalue weighted by molar-refractivity contribution is -0.152. The van der Waals surface area contributed by atoms with E-state index in [1.54, 1.807) is 21.1 Å². The third-order valence-corrected chi connectivity index (χ3v) is 8.36. The van der Waals surface area contributed by atoms with Gasteiger partial charge in [-0.05, 0) is 47.4 Å². The van der Waals surface area contributed by atoms with E-state index in [0.717, 1.165) is 47.9 Å². The highest BCUT2D eigenvalue weighted by Crippen LogP contribution is 2.44. The molecular formula is C32H41N3O6. The molecule has 0 spiro atoms. The summed E-state index contributed by atoms with van der Waals surface area (Å²) in [5.74, 6) is -2.25. The SMILES string of the molecule is CCCN(C(=O)C(C1CCCC1)N(C)C(=O)OCC1c2ccccc2-c2ccccc21)[C@@H](CC(=O)O)C(=O)N(C)C. The third-order valence-electron chi connectivity index (χ3n) is 8.36. The second-order valence-corrected chi connectivity index (χ2v) is 11.3. The summed E-state index contributed by atoms with van der Waals surface area (Å²) < 4.78 is 5.89. The van der Waals surface area contributed by atoms with E-state index in [9.17, 15) is 24.3 Å². The van der Waals surface area contributed by atoms with E-state index < -0.39 is 42.4 Å². The van der Waals surface area contributed by atoms with Gasteiger partial charge in [-0.15, -0.1) is 0 Å². The van der Waals surface area contributed by atoms with E-state index >= 15 is 0 Å². The van der Waals surface area contributed by atoms with Crippen LogP contribution in [-0.4, -0.2) is 90.1 Å². The molecule has 0 bridgehead atoms. The Labute approximate surface area is 242 Å². The highest BCUT2D eigenvalue weighted by molar-refractivity contribution is 5.93. The Hall–Kier alpha value is -3.88. The molecule has 2 aromatic rings. The smallest absolute Gasteiger partial charge is 0.410 e. The lowest BCUT2D eigenvalue weighted by Gasteiger charge is -2.38. The van der Waals surface area contributed by atoms with Crippen LogP contribution in [0.4, 0.5) is 4.79 Å². The molecule has 9 heteroatoms. The number of rotatable bonds is 11. The van der Waals surface area contributed by atoms with Crippen LogP contribution in [0.15, 0.2) is 48.5 Å². The minimum Gasteiger partial charge on any atom is -0.481 e. The summed E-state index contributed by atoms with van der Waals surface area (Å²) in [7, 11) is 4.66. The molecule has 2 aliphatic rings. The largest absolute Gasteiger partial charge is 0.481 e. The van der Waals surface area contributed by atoms with Crippen molar-refractivity contribution in [3.8, 4) is 11.1 Å². The molecule has 41 heavy (non-hydrogen) atoms.